The van der Waals surface area contributed by atoms with Gasteiger partial charge in [-0.1, -0.05) is 20.8 Å². The smallest absolute Gasteiger partial charge is 0.00671 e. The van der Waals surface area contributed by atoms with Crippen molar-refractivity contribution in [1.82, 2.24) is 5.32 Å². The van der Waals surface area contributed by atoms with Gasteiger partial charge in [-0.2, -0.15) is 0 Å². The third-order valence-electron chi connectivity index (χ3n) is 3.28. The van der Waals surface area contributed by atoms with E-state index >= 15 is 0 Å². The van der Waals surface area contributed by atoms with Crippen molar-refractivity contribution in [3.8, 4) is 0 Å². The van der Waals surface area contributed by atoms with E-state index in [1.54, 1.807) is 0 Å². The summed E-state index contributed by atoms with van der Waals surface area (Å²) in [5.74, 6) is 2.58. The Labute approximate surface area is 64.2 Å². The van der Waals surface area contributed by atoms with Gasteiger partial charge < -0.3 is 5.32 Å². The maximum atomic E-state index is 3.51. The Morgan fingerprint density at radius 2 is 1.60 bits per heavy atom. The van der Waals surface area contributed by atoms with Gasteiger partial charge in [-0.25, -0.2) is 0 Å². The zero-order valence-electron chi connectivity index (χ0n) is 7.52. The lowest BCUT2D eigenvalue weighted by Crippen LogP contribution is -2.46. The number of piperidine rings is 1. The first-order valence-electron chi connectivity index (χ1n) is 4.36. The van der Waals surface area contributed by atoms with Gasteiger partial charge in [-0.05, 0) is 31.2 Å². The van der Waals surface area contributed by atoms with Gasteiger partial charge in [0.1, 0.15) is 0 Å². The monoisotopic (exact) mass is 141 g/mol. The van der Waals surface area contributed by atoms with E-state index in [9.17, 15) is 0 Å². The molecule has 0 saturated carbocycles. The highest BCUT2D eigenvalue weighted by atomic mass is 14.9. The Morgan fingerprint density at radius 1 is 1.00 bits per heavy atom. The van der Waals surface area contributed by atoms with Gasteiger partial charge in [-0.15, -0.1) is 0 Å². The molecular formula is C9H19N. The Balaban J connectivity index is 2.52. The maximum Gasteiger partial charge on any atom is 0.00671 e. The molecule has 0 aliphatic carbocycles. The molecule has 4 atom stereocenters. The molecule has 0 aromatic rings. The summed E-state index contributed by atoms with van der Waals surface area (Å²) in [6, 6.07) is 0.714. The fourth-order valence-corrected chi connectivity index (χ4v) is 1.72. The molecule has 1 rings (SSSR count). The van der Waals surface area contributed by atoms with Crippen molar-refractivity contribution >= 4 is 0 Å². The molecule has 60 valence electrons. The van der Waals surface area contributed by atoms with E-state index in [-0.39, 0.29) is 0 Å². The summed E-state index contributed by atoms with van der Waals surface area (Å²) in [6.07, 6.45) is 0. The zero-order chi connectivity index (χ0) is 7.72. The maximum absolute atomic E-state index is 3.51. The molecule has 0 amide bonds. The Bertz CT molecular complexity index is 97.3. The van der Waals surface area contributed by atoms with Crippen molar-refractivity contribution < 1.29 is 0 Å². The van der Waals surface area contributed by atoms with Crippen LogP contribution < -0.4 is 5.32 Å². The van der Waals surface area contributed by atoms with Crippen molar-refractivity contribution in [2.24, 2.45) is 17.8 Å². The molecular weight excluding hydrogens is 122 g/mol. The SMILES string of the molecule is CC1CNC(C)C(C)C1C. The summed E-state index contributed by atoms with van der Waals surface area (Å²) in [7, 11) is 0. The second-order valence-electron chi connectivity index (χ2n) is 3.89. The van der Waals surface area contributed by atoms with Gasteiger partial charge in [0.05, 0.1) is 0 Å². The van der Waals surface area contributed by atoms with Gasteiger partial charge in [0.15, 0.2) is 0 Å². The summed E-state index contributed by atoms with van der Waals surface area (Å²) in [5.41, 5.74) is 0. The quantitative estimate of drug-likeness (QED) is 0.543. The number of hydrogen-bond acceptors (Lipinski definition) is 1. The van der Waals surface area contributed by atoms with Gasteiger partial charge >= 0.3 is 0 Å². The second kappa shape index (κ2) is 2.91. The summed E-state index contributed by atoms with van der Waals surface area (Å²) in [4.78, 5) is 0. The molecule has 1 saturated heterocycles. The zero-order valence-corrected chi connectivity index (χ0v) is 7.52. The van der Waals surface area contributed by atoms with E-state index in [4.69, 9.17) is 0 Å². The van der Waals surface area contributed by atoms with Crippen molar-refractivity contribution in [3.63, 3.8) is 0 Å². The molecule has 4 unspecified atom stereocenters. The Kier molecular flexibility index (Phi) is 2.35. The van der Waals surface area contributed by atoms with E-state index in [1.165, 1.54) is 6.54 Å². The second-order valence-corrected chi connectivity index (χ2v) is 3.89. The van der Waals surface area contributed by atoms with Crippen molar-refractivity contribution in [2.45, 2.75) is 33.7 Å². The highest BCUT2D eigenvalue weighted by Crippen LogP contribution is 2.26. The largest absolute Gasteiger partial charge is 0.314 e. The molecule has 1 nitrogen and oxygen atoms in total. The highest BCUT2D eigenvalue weighted by Gasteiger charge is 2.28. The van der Waals surface area contributed by atoms with Crippen LogP contribution in [0.15, 0.2) is 0 Å². The van der Waals surface area contributed by atoms with Crippen LogP contribution in [0.5, 0.6) is 0 Å². The third-order valence-corrected chi connectivity index (χ3v) is 3.28. The molecule has 1 N–H and O–H groups in total. The average Bonchev–Trinajstić information content (AvgIpc) is 1.93. The summed E-state index contributed by atoms with van der Waals surface area (Å²) < 4.78 is 0. The van der Waals surface area contributed by atoms with Gasteiger partial charge in [0.25, 0.3) is 0 Å². The van der Waals surface area contributed by atoms with E-state index < -0.39 is 0 Å². The minimum Gasteiger partial charge on any atom is -0.314 e. The van der Waals surface area contributed by atoms with Gasteiger partial charge in [0.2, 0.25) is 0 Å². The van der Waals surface area contributed by atoms with Crippen LogP contribution >= 0.6 is 0 Å². The highest BCUT2D eigenvalue weighted by molar-refractivity contribution is 4.82. The first-order chi connectivity index (χ1) is 4.63. The molecule has 0 aromatic carbocycles. The standard InChI is InChI=1S/C9H19N/c1-6-5-10-9(4)8(3)7(6)2/h6-10H,5H2,1-4H3. The predicted molar refractivity (Wildman–Crippen MR) is 45.0 cm³/mol. The molecule has 1 aliphatic heterocycles. The molecule has 1 aliphatic rings. The number of rotatable bonds is 0. The van der Waals surface area contributed by atoms with Gasteiger partial charge in [-0.3, -0.25) is 0 Å². The van der Waals surface area contributed by atoms with E-state index in [0.717, 1.165) is 17.8 Å². The Morgan fingerprint density at radius 3 is 2.10 bits per heavy atom. The minimum absolute atomic E-state index is 0.714. The molecule has 0 radical (unpaired) electrons. The van der Waals surface area contributed by atoms with Gasteiger partial charge in [0, 0.05) is 6.04 Å². The number of nitrogens with one attached hydrogen (secondary N) is 1. The summed E-state index contributed by atoms with van der Waals surface area (Å²) >= 11 is 0. The van der Waals surface area contributed by atoms with Crippen LogP contribution in [0.2, 0.25) is 0 Å². The van der Waals surface area contributed by atoms with Crippen molar-refractivity contribution in [3.05, 3.63) is 0 Å². The molecule has 10 heavy (non-hydrogen) atoms. The molecule has 0 spiro atoms. The van der Waals surface area contributed by atoms with Crippen LogP contribution in [0, 0.1) is 17.8 Å². The van der Waals surface area contributed by atoms with Crippen LogP contribution in [0.4, 0.5) is 0 Å². The first kappa shape index (κ1) is 8.06. The molecule has 0 aromatic heterocycles. The lowest BCUT2D eigenvalue weighted by atomic mass is 9.78. The van der Waals surface area contributed by atoms with Crippen LogP contribution in [0.25, 0.3) is 0 Å². The van der Waals surface area contributed by atoms with Crippen LogP contribution in [-0.4, -0.2) is 12.6 Å². The average molecular weight is 141 g/mol. The topological polar surface area (TPSA) is 12.0 Å². The van der Waals surface area contributed by atoms with Crippen molar-refractivity contribution in [2.75, 3.05) is 6.54 Å². The number of hydrogen-bond donors (Lipinski definition) is 1. The van der Waals surface area contributed by atoms with E-state index in [0.29, 0.717) is 6.04 Å². The van der Waals surface area contributed by atoms with Crippen LogP contribution in [-0.2, 0) is 0 Å². The lowest BCUT2D eigenvalue weighted by Gasteiger charge is -2.37. The molecule has 1 heterocycles. The minimum atomic E-state index is 0.714. The molecule has 0 bridgehead atoms. The lowest BCUT2D eigenvalue weighted by molar-refractivity contribution is 0.169. The predicted octanol–water partition coefficient (Wildman–Crippen LogP) is 1.89. The van der Waals surface area contributed by atoms with Crippen LogP contribution in [0.3, 0.4) is 0 Å². The fourth-order valence-electron chi connectivity index (χ4n) is 1.72. The van der Waals surface area contributed by atoms with Crippen molar-refractivity contribution in [1.29, 1.82) is 0 Å². The molecule has 1 heteroatoms. The molecule has 1 fully saturated rings. The third kappa shape index (κ3) is 1.34. The van der Waals surface area contributed by atoms with E-state index in [1.807, 2.05) is 0 Å². The van der Waals surface area contributed by atoms with E-state index in [2.05, 4.69) is 33.0 Å². The summed E-state index contributed by atoms with van der Waals surface area (Å²) in [6.45, 7) is 10.5. The normalized spacial score (nSPS) is 49.2. The first-order valence-corrected chi connectivity index (χ1v) is 4.36. The fraction of sp³-hybridized carbons (Fsp3) is 1.00. The Hall–Kier alpha value is -0.0400. The van der Waals surface area contributed by atoms with Crippen LogP contribution in [0.1, 0.15) is 27.7 Å². The summed E-state index contributed by atoms with van der Waals surface area (Å²) in [5, 5.41) is 3.51.